The summed E-state index contributed by atoms with van der Waals surface area (Å²) < 4.78 is 0. The Morgan fingerprint density at radius 2 is 1.20 bits per heavy atom. The molecule has 0 spiro atoms. The van der Waals surface area contributed by atoms with Crippen molar-refractivity contribution in [3.63, 3.8) is 0 Å². The number of benzene rings is 3. The van der Waals surface area contributed by atoms with Crippen LogP contribution in [0.15, 0.2) is 91.1 Å². The summed E-state index contributed by atoms with van der Waals surface area (Å²) in [5.74, 6) is -1.96. The number of nitrogens with one attached hydrogen (secondary N) is 4. The van der Waals surface area contributed by atoms with E-state index in [0.717, 1.165) is 53.3 Å². The molecule has 228 valence electrons. The third kappa shape index (κ3) is 7.92. The highest BCUT2D eigenvalue weighted by Gasteiger charge is 2.32. The average molecular weight is 594 g/mol. The van der Waals surface area contributed by atoms with E-state index in [9.17, 15) is 19.2 Å². The number of hydrogen-bond donors (Lipinski definition) is 5. The van der Waals surface area contributed by atoms with Crippen LogP contribution in [-0.4, -0.2) is 46.7 Å². The smallest absolute Gasteiger partial charge is 0.243 e. The van der Waals surface area contributed by atoms with Gasteiger partial charge in [0.05, 0.1) is 0 Å². The molecular weight excluding hydrogens is 554 g/mol. The SMILES string of the molecule is NC(=O)[C@@H](Cc1ccccc1)NC(=O)[C@H](Cc1c[nH]c2ccccc12)NC(=O)[C@H](Cc1ccccc1)NC(=O)C1CCCC1. The van der Waals surface area contributed by atoms with Gasteiger partial charge in [0.15, 0.2) is 0 Å². The number of nitrogens with two attached hydrogens (primary N) is 1. The molecule has 1 fully saturated rings. The lowest BCUT2D eigenvalue weighted by Gasteiger charge is -2.25. The molecule has 9 nitrogen and oxygen atoms in total. The molecular formula is C35H39N5O4. The second kappa shape index (κ2) is 14.5. The summed E-state index contributed by atoms with van der Waals surface area (Å²) in [6.07, 6.45) is 6.03. The Bertz CT molecular complexity index is 1580. The summed E-state index contributed by atoms with van der Waals surface area (Å²) >= 11 is 0. The number of primary amides is 1. The molecule has 5 rings (SSSR count). The van der Waals surface area contributed by atoms with Crippen molar-refractivity contribution in [3.8, 4) is 0 Å². The summed E-state index contributed by atoms with van der Waals surface area (Å²) in [6, 6.07) is 23.5. The van der Waals surface area contributed by atoms with Gasteiger partial charge < -0.3 is 26.7 Å². The van der Waals surface area contributed by atoms with Crippen LogP contribution in [0.2, 0.25) is 0 Å². The number of hydrogen-bond acceptors (Lipinski definition) is 4. The Hall–Kier alpha value is -4.92. The molecule has 0 bridgehead atoms. The first-order chi connectivity index (χ1) is 21.4. The van der Waals surface area contributed by atoms with Gasteiger partial charge >= 0.3 is 0 Å². The molecule has 1 saturated carbocycles. The van der Waals surface area contributed by atoms with Crippen molar-refractivity contribution in [1.82, 2.24) is 20.9 Å². The van der Waals surface area contributed by atoms with Gasteiger partial charge in [-0.2, -0.15) is 0 Å². The summed E-state index contributed by atoms with van der Waals surface area (Å²) in [4.78, 5) is 56.5. The number of fused-ring (bicyclic) bond motifs is 1. The van der Waals surface area contributed by atoms with Crippen LogP contribution in [0, 0.1) is 5.92 Å². The fourth-order valence-electron chi connectivity index (χ4n) is 5.88. The van der Waals surface area contributed by atoms with Crippen LogP contribution in [0.1, 0.15) is 42.4 Å². The van der Waals surface area contributed by atoms with E-state index < -0.39 is 35.8 Å². The summed E-state index contributed by atoms with van der Waals surface area (Å²) in [7, 11) is 0. The maximum atomic E-state index is 13.9. The van der Waals surface area contributed by atoms with Gasteiger partial charge in [-0.1, -0.05) is 91.7 Å². The van der Waals surface area contributed by atoms with E-state index in [0.29, 0.717) is 0 Å². The molecule has 3 aromatic carbocycles. The third-order valence-electron chi connectivity index (χ3n) is 8.32. The number of aromatic nitrogens is 1. The van der Waals surface area contributed by atoms with Gasteiger partial charge in [-0.3, -0.25) is 19.2 Å². The normalized spacial score (nSPS) is 15.3. The monoisotopic (exact) mass is 593 g/mol. The molecule has 3 atom stereocenters. The topological polar surface area (TPSA) is 146 Å². The number of para-hydroxylation sites is 1. The van der Waals surface area contributed by atoms with E-state index in [4.69, 9.17) is 5.73 Å². The second-order valence-corrected chi connectivity index (χ2v) is 11.5. The molecule has 1 heterocycles. The maximum Gasteiger partial charge on any atom is 0.243 e. The Morgan fingerprint density at radius 1 is 0.682 bits per heavy atom. The molecule has 0 saturated heterocycles. The first kappa shape index (κ1) is 30.5. The van der Waals surface area contributed by atoms with Gasteiger partial charge in [-0.25, -0.2) is 0 Å². The van der Waals surface area contributed by atoms with Crippen molar-refractivity contribution >= 4 is 34.5 Å². The Kier molecular flexibility index (Phi) is 10.1. The zero-order valence-electron chi connectivity index (χ0n) is 24.6. The molecule has 4 amide bonds. The van der Waals surface area contributed by atoms with Crippen LogP contribution in [0.5, 0.6) is 0 Å². The minimum atomic E-state index is -1.04. The number of carbonyl (C=O) groups excluding carboxylic acids is 4. The molecule has 1 aliphatic rings. The van der Waals surface area contributed by atoms with E-state index in [1.807, 2.05) is 91.1 Å². The highest BCUT2D eigenvalue weighted by molar-refractivity contribution is 5.95. The van der Waals surface area contributed by atoms with Crippen molar-refractivity contribution in [2.24, 2.45) is 11.7 Å². The lowest BCUT2D eigenvalue weighted by Crippen LogP contribution is -2.58. The molecule has 6 N–H and O–H groups in total. The van der Waals surface area contributed by atoms with Crippen molar-refractivity contribution in [3.05, 3.63) is 108 Å². The first-order valence-corrected chi connectivity index (χ1v) is 15.2. The van der Waals surface area contributed by atoms with Gasteiger partial charge in [-0.05, 0) is 35.6 Å². The van der Waals surface area contributed by atoms with Gasteiger partial charge in [0.1, 0.15) is 18.1 Å². The van der Waals surface area contributed by atoms with Gasteiger partial charge in [0.2, 0.25) is 23.6 Å². The average Bonchev–Trinajstić information content (AvgIpc) is 3.72. The fraction of sp³-hybridized carbons (Fsp3) is 0.314. The molecule has 9 heteroatoms. The van der Waals surface area contributed by atoms with E-state index in [1.165, 1.54) is 0 Å². The summed E-state index contributed by atoms with van der Waals surface area (Å²) in [5.41, 5.74) is 9.15. The summed E-state index contributed by atoms with van der Waals surface area (Å²) in [6.45, 7) is 0. The number of aromatic amines is 1. The first-order valence-electron chi connectivity index (χ1n) is 15.2. The quantitative estimate of drug-likeness (QED) is 0.162. The molecule has 0 aliphatic heterocycles. The predicted molar refractivity (Wildman–Crippen MR) is 169 cm³/mol. The lowest BCUT2D eigenvalue weighted by atomic mass is 10.00. The Labute approximate surface area is 257 Å². The third-order valence-corrected chi connectivity index (χ3v) is 8.32. The maximum absolute atomic E-state index is 13.9. The highest BCUT2D eigenvalue weighted by atomic mass is 16.2. The highest BCUT2D eigenvalue weighted by Crippen LogP contribution is 2.25. The number of rotatable bonds is 13. The largest absolute Gasteiger partial charge is 0.368 e. The Morgan fingerprint density at radius 3 is 1.82 bits per heavy atom. The summed E-state index contributed by atoms with van der Waals surface area (Å²) in [5, 5.41) is 9.58. The standard InChI is InChI=1S/C35H39N5O4/c36-32(41)29(19-23-11-3-1-4-12-23)38-35(44)31(21-26-22-37-28-18-10-9-17-27(26)28)40-34(43)30(20-24-13-5-2-6-14-24)39-33(42)25-15-7-8-16-25/h1-6,9-14,17-18,22,25,29-31,37H,7-8,15-16,19-21H2,(H2,36,41)(H,38,44)(H,39,42)(H,40,43)/t29-,30+,31+/m1/s1. The minimum absolute atomic E-state index is 0.124. The van der Waals surface area contributed by atoms with Crippen LogP contribution in [-0.2, 0) is 38.4 Å². The van der Waals surface area contributed by atoms with Crippen molar-refractivity contribution in [1.29, 1.82) is 0 Å². The zero-order valence-corrected chi connectivity index (χ0v) is 24.6. The minimum Gasteiger partial charge on any atom is -0.368 e. The molecule has 0 radical (unpaired) electrons. The number of carbonyl (C=O) groups is 4. The van der Waals surface area contributed by atoms with Gasteiger partial charge in [0, 0.05) is 42.3 Å². The number of amides is 4. The van der Waals surface area contributed by atoms with E-state index in [2.05, 4.69) is 20.9 Å². The second-order valence-electron chi connectivity index (χ2n) is 11.5. The zero-order chi connectivity index (χ0) is 30.9. The Balaban J connectivity index is 1.39. The van der Waals surface area contributed by atoms with Crippen LogP contribution in [0.4, 0.5) is 0 Å². The molecule has 44 heavy (non-hydrogen) atoms. The molecule has 1 aromatic heterocycles. The van der Waals surface area contributed by atoms with Gasteiger partial charge in [0.25, 0.3) is 0 Å². The molecule has 4 aromatic rings. The van der Waals surface area contributed by atoms with Crippen molar-refractivity contribution in [2.75, 3.05) is 0 Å². The molecule has 1 aliphatic carbocycles. The van der Waals surface area contributed by atoms with Crippen LogP contribution >= 0.6 is 0 Å². The van der Waals surface area contributed by atoms with E-state index in [-0.39, 0.29) is 31.1 Å². The predicted octanol–water partition coefficient (Wildman–Crippen LogP) is 3.33. The molecule has 0 unspecified atom stereocenters. The lowest BCUT2D eigenvalue weighted by molar-refractivity contribution is -0.134. The van der Waals surface area contributed by atoms with Gasteiger partial charge in [-0.15, -0.1) is 0 Å². The fourth-order valence-corrected chi connectivity index (χ4v) is 5.88. The van der Waals surface area contributed by atoms with Crippen LogP contribution in [0.3, 0.4) is 0 Å². The van der Waals surface area contributed by atoms with E-state index >= 15 is 0 Å². The van der Waals surface area contributed by atoms with Crippen molar-refractivity contribution in [2.45, 2.75) is 63.1 Å². The van der Waals surface area contributed by atoms with Crippen LogP contribution in [0.25, 0.3) is 10.9 Å². The number of H-pyrrole nitrogens is 1. The van der Waals surface area contributed by atoms with Crippen LogP contribution < -0.4 is 21.7 Å². The van der Waals surface area contributed by atoms with E-state index in [1.54, 1.807) is 0 Å². The van der Waals surface area contributed by atoms with Crippen molar-refractivity contribution < 1.29 is 19.2 Å².